The van der Waals surface area contributed by atoms with Crippen molar-refractivity contribution < 1.29 is 14.3 Å². The van der Waals surface area contributed by atoms with Crippen LogP contribution in [-0.2, 0) is 7.05 Å². The van der Waals surface area contributed by atoms with Crippen molar-refractivity contribution in [2.24, 2.45) is 7.05 Å². The number of aryl methyl sites for hydroxylation is 1. The number of aromatic carboxylic acids is 1. The first-order valence-electron chi connectivity index (χ1n) is 4.32. The molecule has 0 spiro atoms. The number of carboxylic acid groups (broad SMARTS) is 1. The van der Waals surface area contributed by atoms with Crippen molar-refractivity contribution in [3.8, 4) is 11.3 Å². The Labute approximate surface area is 110 Å². The standard InChI is InChI=1S/C9H5Cl3N2O3/c1-14-6(3(10)2-13-14)4-5(11)7(9(15)16)17-8(4)12/h2H,1H3,(H,15,16). The smallest absolute Gasteiger partial charge is 0.373 e. The number of carboxylic acids is 1. The van der Waals surface area contributed by atoms with Crippen LogP contribution in [0, 0.1) is 0 Å². The Balaban J connectivity index is 2.73. The van der Waals surface area contributed by atoms with Crippen LogP contribution in [-0.4, -0.2) is 20.9 Å². The third kappa shape index (κ3) is 1.90. The molecule has 0 aromatic carbocycles. The van der Waals surface area contributed by atoms with E-state index in [9.17, 15) is 4.79 Å². The van der Waals surface area contributed by atoms with Gasteiger partial charge in [0.1, 0.15) is 5.02 Å². The van der Waals surface area contributed by atoms with E-state index < -0.39 is 11.7 Å². The summed E-state index contributed by atoms with van der Waals surface area (Å²) in [6, 6.07) is 0. The fraction of sp³-hybridized carbons (Fsp3) is 0.111. The van der Waals surface area contributed by atoms with Gasteiger partial charge in [-0.2, -0.15) is 5.10 Å². The molecule has 2 heterocycles. The summed E-state index contributed by atoms with van der Waals surface area (Å²) in [4.78, 5) is 10.8. The molecule has 0 radical (unpaired) electrons. The summed E-state index contributed by atoms with van der Waals surface area (Å²) in [6.45, 7) is 0. The quantitative estimate of drug-likeness (QED) is 0.922. The second kappa shape index (κ2) is 4.25. The van der Waals surface area contributed by atoms with Gasteiger partial charge in [0, 0.05) is 7.05 Å². The summed E-state index contributed by atoms with van der Waals surface area (Å²) < 4.78 is 6.30. The maximum Gasteiger partial charge on any atom is 0.373 e. The molecule has 17 heavy (non-hydrogen) atoms. The summed E-state index contributed by atoms with van der Waals surface area (Å²) in [5.74, 6) is -1.73. The van der Waals surface area contributed by atoms with Crippen molar-refractivity contribution in [3.05, 3.63) is 27.2 Å². The summed E-state index contributed by atoms with van der Waals surface area (Å²) in [5.41, 5.74) is 0.619. The van der Waals surface area contributed by atoms with E-state index in [4.69, 9.17) is 44.3 Å². The first kappa shape index (κ1) is 12.3. The third-order valence-electron chi connectivity index (χ3n) is 2.13. The molecule has 0 saturated heterocycles. The molecule has 2 aromatic heterocycles. The molecule has 0 unspecified atom stereocenters. The highest BCUT2D eigenvalue weighted by atomic mass is 35.5. The number of hydrogen-bond acceptors (Lipinski definition) is 3. The number of hydrogen-bond donors (Lipinski definition) is 1. The first-order valence-corrected chi connectivity index (χ1v) is 5.45. The molecular formula is C9H5Cl3N2O3. The lowest BCUT2D eigenvalue weighted by molar-refractivity contribution is 0.0663. The van der Waals surface area contributed by atoms with Crippen LogP contribution in [0.2, 0.25) is 15.3 Å². The van der Waals surface area contributed by atoms with Crippen molar-refractivity contribution >= 4 is 40.8 Å². The topological polar surface area (TPSA) is 68.3 Å². The molecule has 8 heteroatoms. The number of halogens is 3. The maximum absolute atomic E-state index is 10.8. The predicted octanol–water partition coefficient (Wildman–Crippen LogP) is 3.34. The Hall–Kier alpha value is -1.17. The van der Waals surface area contributed by atoms with E-state index in [0.29, 0.717) is 10.7 Å². The highest BCUT2D eigenvalue weighted by molar-refractivity contribution is 6.41. The van der Waals surface area contributed by atoms with Gasteiger partial charge in [0.15, 0.2) is 0 Å². The normalized spacial score (nSPS) is 10.8. The van der Waals surface area contributed by atoms with Crippen LogP contribution in [0.4, 0.5) is 0 Å². The zero-order chi connectivity index (χ0) is 12.7. The molecule has 2 aromatic rings. The number of rotatable bonds is 2. The van der Waals surface area contributed by atoms with Crippen LogP contribution in [0.25, 0.3) is 11.3 Å². The molecule has 5 nitrogen and oxygen atoms in total. The molecule has 0 bridgehead atoms. The lowest BCUT2D eigenvalue weighted by Crippen LogP contribution is -1.96. The minimum Gasteiger partial charge on any atom is -0.475 e. The lowest BCUT2D eigenvalue weighted by atomic mass is 10.2. The predicted molar refractivity (Wildman–Crippen MR) is 62.9 cm³/mol. The molecule has 90 valence electrons. The molecule has 0 saturated carbocycles. The van der Waals surface area contributed by atoms with Gasteiger partial charge in [-0.25, -0.2) is 4.79 Å². The molecule has 0 atom stereocenters. The van der Waals surface area contributed by atoms with Crippen molar-refractivity contribution in [1.29, 1.82) is 0 Å². The number of carbonyl (C=O) groups is 1. The van der Waals surface area contributed by atoms with Gasteiger partial charge in [-0.15, -0.1) is 0 Å². The van der Waals surface area contributed by atoms with Crippen molar-refractivity contribution in [3.63, 3.8) is 0 Å². The van der Waals surface area contributed by atoms with Gasteiger partial charge in [-0.3, -0.25) is 4.68 Å². The molecule has 0 amide bonds. The number of furan rings is 1. The van der Waals surface area contributed by atoms with Gasteiger partial charge in [0.05, 0.1) is 22.5 Å². The van der Waals surface area contributed by atoms with Gasteiger partial charge in [0.2, 0.25) is 11.0 Å². The number of aromatic nitrogens is 2. The second-order valence-corrected chi connectivity index (χ2v) is 4.29. The maximum atomic E-state index is 10.8. The minimum atomic E-state index is -1.30. The highest BCUT2D eigenvalue weighted by Crippen LogP contribution is 2.41. The second-order valence-electron chi connectivity index (χ2n) is 3.16. The summed E-state index contributed by atoms with van der Waals surface area (Å²) in [5, 5.41) is 12.8. The van der Waals surface area contributed by atoms with E-state index in [-0.39, 0.29) is 15.8 Å². The first-order chi connectivity index (χ1) is 7.93. The Morgan fingerprint density at radius 1 is 1.47 bits per heavy atom. The Kier molecular flexibility index (Phi) is 3.07. The van der Waals surface area contributed by atoms with E-state index in [1.54, 1.807) is 7.05 Å². The Morgan fingerprint density at radius 2 is 2.12 bits per heavy atom. The average Bonchev–Trinajstić information content (AvgIpc) is 2.70. The van der Waals surface area contributed by atoms with E-state index >= 15 is 0 Å². The van der Waals surface area contributed by atoms with Crippen LogP contribution in [0.1, 0.15) is 10.6 Å². The van der Waals surface area contributed by atoms with E-state index in [1.165, 1.54) is 10.9 Å². The molecule has 0 aliphatic carbocycles. The molecule has 2 rings (SSSR count). The SMILES string of the molecule is Cn1ncc(Cl)c1-c1c(Cl)oc(C(=O)O)c1Cl. The van der Waals surface area contributed by atoms with Crippen LogP contribution < -0.4 is 0 Å². The van der Waals surface area contributed by atoms with E-state index in [1.807, 2.05) is 0 Å². The molecule has 0 aliphatic rings. The average molecular weight is 296 g/mol. The molecular weight excluding hydrogens is 290 g/mol. The molecule has 0 aliphatic heterocycles. The van der Waals surface area contributed by atoms with Gasteiger partial charge < -0.3 is 9.52 Å². The van der Waals surface area contributed by atoms with Gasteiger partial charge >= 0.3 is 5.97 Å². The number of nitrogens with zero attached hydrogens (tertiary/aromatic N) is 2. The van der Waals surface area contributed by atoms with Crippen LogP contribution in [0.15, 0.2) is 10.6 Å². The molecule has 1 N–H and O–H groups in total. The van der Waals surface area contributed by atoms with Crippen molar-refractivity contribution in [2.45, 2.75) is 0 Å². The fourth-order valence-electron chi connectivity index (χ4n) is 1.41. The Bertz CT molecular complexity index is 583. The van der Waals surface area contributed by atoms with Gasteiger partial charge in [-0.05, 0) is 11.6 Å². The summed E-state index contributed by atoms with van der Waals surface area (Å²) >= 11 is 17.6. The van der Waals surface area contributed by atoms with Crippen molar-refractivity contribution in [1.82, 2.24) is 9.78 Å². The zero-order valence-corrected chi connectivity index (χ0v) is 10.6. The minimum absolute atomic E-state index is 0.104. The summed E-state index contributed by atoms with van der Waals surface area (Å²) in [6.07, 6.45) is 1.40. The zero-order valence-electron chi connectivity index (χ0n) is 8.37. The monoisotopic (exact) mass is 294 g/mol. The van der Waals surface area contributed by atoms with Gasteiger partial charge in [0.25, 0.3) is 0 Å². The fourth-order valence-corrected chi connectivity index (χ4v) is 2.28. The van der Waals surface area contributed by atoms with Crippen LogP contribution >= 0.6 is 34.8 Å². The Morgan fingerprint density at radius 3 is 2.53 bits per heavy atom. The largest absolute Gasteiger partial charge is 0.475 e. The van der Waals surface area contributed by atoms with Crippen LogP contribution in [0.3, 0.4) is 0 Å². The summed E-state index contributed by atoms with van der Waals surface area (Å²) in [7, 11) is 1.63. The third-order valence-corrected chi connectivity index (χ3v) is 3.04. The van der Waals surface area contributed by atoms with Gasteiger partial charge in [-0.1, -0.05) is 23.2 Å². The van der Waals surface area contributed by atoms with E-state index in [2.05, 4.69) is 5.10 Å². The van der Waals surface area contributed by atoms with E-state index in [0.717, 1.165) is 0 Å². The highest BCUT2D eigenvalue weighted by Gasteiger charge is 2.26. The van der Waals surface area contributed by atoms with Crippen molar-refractivity contribution in [2.75, 3.05) is 0 Å². The lowest BCUT2D eigenvalue weighted by Gasteiger charge is -2.00. The molecule has 0 fully saturated rings. The van der Waals surface area contributed by atoms with Crippen LogP contribution in [0.5, 0.6) is 0 Å².